The summed E-state index contributed by atoms with van der Waals surface area (Å²) >= 11 is 0. The van der Waals surface area contributed by atoms with Gasteiger partial charge in [-0.3, -0.25) is 10.1 Å². The molecular formula is C24H27N5O4. The number of likely N-dealkylation sites (tertiary alicyclic amines) is 1. The van der Waals surface area contributed by atoms with Crippen molar-refractivity contribution in [3.63, 3.8) is 0 Å². The summed E-state index contributed by atoms with van der Waals surface area (Å²) in [6.45, 7) is 1.48. The largest absolute Gasteiger partial charge is 0.471 e. The van der Waals surface area contributed by atoms with Gasteiger partial charge in [-0.05, 0) is 38.2 Å². The van der Waals surface area contributed by atoms with Gasteiger partial charge in [0.15, 0.2) is 0 Å². The molecule has 4 atom stereocenters. The van der Waals surface area contributed by atoms with Gasteiger partial charge in [0.05, 0.1) is 35.5 Å². The van der Waals surface area contributed by atoms with E-state index in [2.05, 4.69) is 21.1 Å². The number of carbonyl (C=O) groups is 1. The van der Waals surface area contributed by atoms with Gasteiger partial charge in [-0.1, -0.05) is 18.2 Å². The van der Waals surface area contributed by atoms with Crippen molar-refractivity contribution in [2.24, 2.45) is 5.41 Å². The molecule has 3 aromatic rings. The van der Waals surface area contributed by atoms with Crippen LogP contribution in [-0.2, 0) is 10.2 Å². The third-order valence-electron chi connectivity index (χ3n) is 7.88. The smallest absolute Gasteiger partial charge is 0.407 e. The van der Waals surface area contributed by atoms with Crippen LogP contribution in [-0.4, -0.2) is 68.2 Å². The molecule has 9 heteroatoms. The lowest BCUT2D eigenvalue weighted by Crippen LogP contribution is -2.54. The zero-order valence-electron chi connectivity index (χ0n) is 18.3. The molecule has 1 aromatic carbocycles. The van der Waals surface area contributed by atoms with Crippen molar-refractivity contribution in [3.05, 3.63) is 48.5 Å². The van der Waals surface area contributed by atoms with Crippen LogP contribution in [0.25, 0.3) is 10.9 Å². The molecule has 2 aliphatic heterocycles. The van der Waals surface area contributed by atoms with E-state index in [-0.39, 0.29) is 29.6 Å². The molecule has 0 radical (unpaired) electrons. The summed E-state index contributed by atoms with van der Waals surface area (Å²) in [5, 5.41) is 18.9. The molecule has 2 aromatic heterocycles. The minimum atomic E-state index is -0.928. The Balaban J connectivity index is 1.46. The molecule has 4 unspecified atom stereocenters. The van der Waals surface area contributed by atoms with Gasteiger partial charge in [0.1, 0.15) is 6.10 Å². The molecule has 1 amide bonds. The van der Waals surface area contributed by atoms with Crippen molar-refractivity contribution in [1.29, 1.82) is 0 Å². The van der Waals surface area contributed by atoms with Gasteiger partial charge in [0.25, 0.3) is 0 Å². The normalized spacial score (nSPS) is 31.6. The number of aromatic amines is 1. The number of amides is 1. The minimum Gasteiger partial charge on any atom is -0.471 e. The van der Waals surface area contributed by atoms with Crippen LogP contribution < -0.4 is 4.74 Å². The second-order valence-electron chi connectivity index (χ2n) is 9.41. The summed E-state index contributed by atoms with van der Waals surface area (Å²) < 4.78 is 12.8. The van der Waals surface area contributed by atoms with E-state index >= 15 is 0 Å². The summed E-state index contributed by atoms with van der Waals surface area (Å²) in [5.41, 5.74) is 1.38. The molecule has 1 saturated carbocycles. The fourth-order valence-electron chi connectivity index (χ4n) is 6.28. The molecule has 6 rings (SSSR count). The van der Waals surface area contributed by atoms with Gasteiger partial charge >= 0.3 is 6.09 Å². The van der Waals surface area contributed by atoms with Crippen molar-refractivity contribution in [3.8, 4) is 5.88 Å². The highest BCUT2D eigenvalue weighted by Gasteiger charge is 2.77. The predicted molar refractivity (Wildman–Crippen MR) is 119 cm³/mol. The average molecular weight is 450 g/mol. The van der Waals surface area contributed by atoms with Crippen LogP contribution >= 0.6 is 0 Å². The maximum absolute atomic E-state index is 11.9. The number of rotatable bonds is 4. The quantitative estimate of drug-likeness (QED) is 0.628. The molecule has 2 N–H and O–H groups in total. The van der Waals surface area contributed by atoms with Crippen LogP contribution in [0, 0.1) is 5.41 Å². The number of benzene rings is 1. The number of ether oxygens (including phenoxy) is 2. The lowest BCUT2D eigenvalue weighted by molar-refractivity contribution is -0.0472. The second kappa shape index (κ2) is 7.69. The van der Waals surface area contributed by atoms with Gasteiger partial charge in [0, 0.05) is 36.3 Å². The van der Waals surface area contributed by atoms with Crippen molar-refractivity contribution < 1.29 is 19.4 Å². The van der Waals surface area contributed by atoms with Crippen molar-refractivity contribution >= 4 is 17.0 Å². The van der Waals surface area contributed by atoms with E-state index in [4.69, 9.17) is 14.6 Å². The molecule has 1 aliphatic carbocycles. The maximum atomic E-state index is 11.9. The predicted octanol–water partition coefficient (Wildman–Crippen LogP) is 3.38. The van der Waals surface area contributed by atoms with Gasteiger partial charge in [0.2, 0.25) is 5.88 Å². The summed E-state index contributed by atoms with van der Waals surface area (Å²) in [7, 11) is 0. The molecule has 1 spiro atoms. The Labute approximate surface area is 191 Å². The number of aromatic nitrogens is 4. The molecular weight excluding hydrogens is 422 g/mol. The molecule has 3 fully saturated rings. The van der Waals surface area contributed by atoms with E-state index < -0.39 is 6.09 Å². The highest BCUT2D eigenvalue weighted by atomic mass is 16.5. The Hall–Kier alpha value is -3.20. The topological polar surface area (TPSA) is 113 Å². The van der Waals surface area contributed by atoms with Crippen LogP contribution in [0.5, 0.6) is 5.88 Å². The van der Waals surface area contributed by atoms with Gasteiger partial charge in [-0.2, -0.15) is 5.10 Å². The van der Waals surface area contributed by atoms with Crippen molar-refractivity contribution in [1.82, 2.24) is 25.1 Å². The van der Waals surface area contributed by atoms with E-state index in [0.29, 0.717) is 18.8 Å². The Kier molecular flexibility index (Phi) is 4.76. The standard InChI is InChI=1S/C24H27N5O4/c30-22(31)29-11-8-23(19(14-29)33-20-13-25-9-10-26-20)15-24(23,18-7-3-4-12-32-18)21-16-5-1-2-6-17(16)27-28-21/h1-2,5-6,9-10,13,18-19H,3-4,7-8,11-12,14-15H2,(H,27,28)(H,30,31). The lowest BCUT2D eigenvalue weighted by atomic mass is 9.75. The first-order valence-electron chi connectivity index (χ1n) is 11.6. The summed E-state index contributed by atoms with van der Waals surface area (Å²) in [6.07, 6.45) is 8.15. The number of hydrogen-bond donors (Lipinski definition) is 2. The summed E-state index contributed by atoms with van der Waals surface area (Å²) in [6, 6.07) is 8.18. The maximum Gasteiger partial charge on any atom is 0.407 e. The third kappa shape index (κ3) is 3.09. The number of nitrogens with zero attached hydrogens (tertiary/aromatic N) is 4. The minimum absolute atomic E-state index is 0.0160. The zero-order chi connectivity index (χ0) is 22.5. The number of piperidine rings is 1. The van der Waals surface area contributed by atoms with Gasteiger partial charge in [-0.25, -0.2) is 9.78 Å². The van der Waals surface area contributed by atoms with Gasteiger partial charge in [-0.15, -0.1) is 0 Å². The highest BCUT2D eigenvalue weighted by molar-refractivity contribution is 5.83. The summed E-state index contributed by atoms with van der Waals surface area (Å²) in [4.78, 5) is 21.7. The fourth-order valence-corrected chi connectivity index (χ4v) is 6.28. The average Bonchev–Trinajstić information content (AvgIpc) is 3.31. The van der Waals surface area contributed by atoms with E-state index in [0.717, 1.165) is 48.9 Å². The van der Waals surface area contributed by atoms with E-state index in [1.165, 1.54) is 4.90 Å². The SMILES string of the molecule is O=C(O)N1CCC2(CC2(c2n[nH]c3ccccc23)C2CCCCO2)C(Oc2cnccn2)C1. The van der Waals surface area contributed by atoms with Gasteiger partial charge < -0.3 is 19.5 Å². The van der Waals surface area contributed by atoms with Crippen molar-refractivity contribution in [2.45, 2.75) is 49.7 Å². The molecule has 9 nitrogen and oxygen atoms in total. The monoisotopic (exact) mass is 449 g/mol. The van der Waals surface area contributed by atoms with Crippen LogP contribution in [0.2, 0.25) is 0 Å². The van der Waals surface area contributed by atoms with Crippen LogP contribution in [0.1, 0.15) is 37.8 Å². The molecule has 4 heterocycles. The Morgan fingerprint density at radius 3 is 2.97 bits per heavy atom. The first-order valence-corrected chi connectivity index (χ1v) is 11.6. The molecule has 0 bridgehead atoms. The first-order chi connectivity index (χ1) is 16.1. The van der Waals surface area contributed by atoms with Crippen LogP contribution in [0.15, 0.2) is 42.9 Å². The van der Waals surface area contributed by atoms with E-state index in [9.17, 15) is 9.90 Å². The zero-order valence-corrected chi connectivity index (χ0v) is 18.3. The molecule has 33 heavy (non-hydrogen) atoms. The van der Waals surface area contributed by atoms with Crippen LogP contribution in [0.4, 0.5) is 4.79 Å². The number of nitrogens with one attached hydrogen (secondary N) is 1. The van der Waals surface area contributed by atoms with Crippen molar-refractivity contribution in [2.75, 3.05) is 19.7 Å². The molecule has 3 aliphatic rings. The van der Waals surface area contributed by atoms with Crippen LogP contribution in [0.3, 0.4) is 0 Å². The first kappa shape index (κ1) is 20.4. The number of hydrogen-bond acceptors (Lipinski definition) is 6. The third-order valence-corrected chi connectivity index (χ3v) is 7.88. The molecule has 172 valence electrons. The Bertz CT molecular complexity index is 1160. The fraction of sp³-hybridized carbons (Fsp3) is 0.500. The number of para-hydroxylation sites is 1. The van der Waals surface area contributed by atoms with E-state index in [1.807, 2.05) is 18.2 Å². The summed E-state index contributed by atoms with van der Waals surface area (Å²) in [5.74, 6) is 0.409. The van der Waals surface area contributed by atoms with E-state index in [1.54, 1.807) is 18.6 Å². The highest BCUT2D eigenvalue weighted by Crippen LogP contribution is 2.73. The Morgan fingerprint density at radius 2 is 2.18 bits per heavy atom. The number of carboxylic acid groups (broad SMARTS) is 1. The number of fused-ring (bicyclic) bond motifs is 1. The second-order valence-corrected chi connectivity index (χ2v) is 9.41. The lowest BCUT2D eigenvalue weighted by Gasteiger charge is -2.42. The molecule has 2 saturated heterocycles. The Morgan fingerprint density at radius 1 is 1.27 bits per heavy atom. The number of H-pyrrole nitrogens is 1.